The fourth-order valence-electron chi connectivity index (χ4n) is 3.58. The number of urea groups is 1. The second kappa shape index (κ2) is 12.4. The lowest BCUT2D eigenvalue weighted by Gasteiger charge is -2.26. The molecule has 0 atom stereocenters. The van der Waals surface area contributed by atoms with E-state index in [0.717, 1.165) is 52.1 Å². The number of rotatable bonds is 4. The van der Waals surface area contributed by atoms with Crippen LogP contribution < -0.4 is 24.8 Å². The van der Waals surface area contributed by atoms with Crippen LogP contribution in [0.4, 0.5) is 16.3 Å². The van der Waals surface area contributed by atoms with Crippen molar-refractivity contribution in [2.45, 2.75) is 19.3 Å². The number of aromatic nitrogens is 2. The van der Waals surface area contributed by atoms with Crippen LogP contribution >= 0.6 is 11.6 Å². The van der Waals surface area contributed by atoms with Gasteiger partial charge in [-0.1, -0.05) is 11.6 Å². The second-order valence-corrected chi connectivity index (χ2v) is 8.35. The molecule has 0 aliphatic carbocycles. The lowest BCUT2D eigenvalue weighted by Crippen LogP contribution is -2.38. The molecule has 0 spiro atoms. The Balaban J connectivity index is 1.48. The van der Waals surface area contributed by atoms with Gasteiger partial charge in [0.05, 0.1) is 43.3 Å². The predicted molar refractivity (Wildman–Crippen MR) is 128 cm³/mol. The molecule has 2 aliphatic rings. The van der Waals surface area contributed by atoms with Crippen molar-refractivity contribution in [2.75, 3.05) is 63.3 Å². The maximum absolute atomic E-state index is 12.6. The first-order valence-corrected chi connectivity index (χ1v) is 11.9. The number of nitrogens with zero attached hydrogens (tertiary/aromatic N) is 4. The van der Waals surface area contributed by atoms with Gasteiger partial charge in [-0.2, -0.15) is 10.2 Å². The van der Waals surface area contributed by atoms with Gasteiger partial charge in [0.25, 0.3) is 5.88 Å². The minimum absolute atomic E-state index is 0.0573. The number of nitriles is 1. The number of amides is 2. The Kier molecular flexibility index (Phi) is 8.78. The molecule has 1 saturated heterocycles. The summed E-state index contributed by atoms with van der Waals surface area (Å²) in [6.45, 7) is 5.22. The minimum Gasteiger partial charge on any atom is -0.491 e. The van der Waals surface area contributed by atoms with Crippen LogP contribution in [0.1, 0.15) is 25.0 Å². The van der Waals surface area contributed by atoms with E-state index < -0.39 is 6.03 Å². The van der Waals surface area contributed by atoms with Crippen LogP contribution in [0.2, 0.25) is 5.02 Å². The van der Waals surface area contributed by atoms with E-state index in [-0.39, 0.29) is 17.4 Å². The Hall–Kier alpha value is -3.33. The highest BCUT2D eigenvalue weighted by Crippen LogP contribution is 2.36. The van der Waals surface area contributed by atoms with Crippen molar-refractivity contribution in [3.05, 3.63) is 29.0 Å². The number of morpholine rings is 1. The fourth-order valence-corrected chi connectivity index (χ4v) is 3.80. The third-order valence-corrected chi connectivity index (χ3v) is 5.72. The molecule has 2 aromatic rings. The summed E-state index contributed by atoms with van der Waals surface area (Å²) in [7, 11) is 0. The quantitative estimate of drug-likeness (QED) is 0.646. The maximum Gasteiger partial charge on any atom is 0.325 e. The number of nitrogens with one attached hydrogen (secondary N) is 2. The normalized spacial score (nSPS) is 17.2. The van der Waals surface area contributed by atoms with E-state index >= 15 is 0 Å². The summed E-state index contributed by atoms with van der Waals surface area (Å²) >= 11 is 6.46. The van der Waals surface area contributed by atoms with Crippen molar-refractivity contribution >= 4 is 29.1 Å². The first kappa shape index (κ1) is 24.8. The van der Waals surface area contributed by atoms with Gasteiger partial charge < -0.3 is 24.3 Å². The summed E-state index contributed by atoms with van der Waals surface area (Å²) < 4.78 is 22.9. The fraction of sp³-hybridized carbons (Fsp3) is 0.478. The van der Waals surface area contributed by atoms with E-state index in [0.29, 0.717) is 42.0 Å². The number of hydrogen-bond donors (Lipinski definition) is 2. The van der Waals surface area contributed by atoms with Crippen LogP contribution in [-0.2, 0) is 4.74 Å². The Morgan fingerprint density at radius 3 is 2.71 bits per heavy atom. The van der Waals surface area contributed by atoms with Crippen LogP contribution in [0.5, 0.6) is 17.4 Å². The smallest absolute Gasteiger partial charge is 0.325 e. The van der Waals surface area contributed by atoms with Crippen molar-refractivity contribution in [1.82, 2.24) is 14.9 Å². The number of hydrogen-bond acceptors (Lipinski definition) is 9. The highest BCUT2D eigenvalue weighted by atomic mass is 35.5. The first-order chi connectivity index (χ1) is 17.1. The van der Waals surface area contributed by atoms with E-state index in [1.54, 1.807) is 12.1 Å². The van der Waals surface area contributed by atoms with Crippen molar-refractivity contribution in [2.24, 2.45) is 0 Å². The van der Waals surface area contributed by atoms with Crippen molar-refractivity contribution in [1.29, 1.82) is 5.26 Å². The third-order valence-electron chi connectivity index (χ3n) is 5.42. The van der Waals surface area contributed by atoms with E-state index in [4.69, 9.17) is 30.5 Å². The van der Waals surface area contributed by atoms with Crippen LogP contribution in [0, 0.1) is 11.3 Å². The van der Waals surface area contributed by atoms with Gasteiger partial charge in [-0.15, -0.1) is 0 Å². The average molecular weight is 503 g/mol. The standard InChI is InChI=1S/C23H27ClN6O5/c24-16-12-17-20(13-19(16)34-11-6-30-4-9-32-10-5-30)33-7-2-1-3-8-35-22-18(14-25)26-15-21(28-22)29-23(31)27-17/h12-13,15H,1-11H2,(H2,27,28,29,31). The van der Waals surface area contributed by atoms with Gasteiger partial charge in [0, 0.05) is 25.7 Å². The highest BCUT2D eigenvalue weighted by molar-refractivity contribution is 6.32. The van der Waals surface area contributed by atoms with Crippen molar-refractivity contribution < 1.29 is 23.7 Å². The Bertz CT molecular complexity index is 1070. The Labute approximate surface area is 208 Å². The summed E-state index contributed by atoms with van der Waals surface area (Å²) in [5, 5.41) is 14.9. The van der Waals surface area contributed by atoms with E-state index in [1.807, 2.05) is 6.07 Å². The first-order valence-electron chi connectivity index (χ1n) is 11.5. The SMILES string of the molecule is N#Cc1ncc2nc1OCCCCCOc1cc(OCCN3CCOCC3)c(Cl)cc1NC(=O)N2. The number of halogens is 1. The van der Waals surface area contributed by atoms with Gasteiger partial charge in [0.2, 0.25) is 5.69 Å². The van der Waals surface area contributed by atoms with Gasteiger partial charge in [0.15, 0.2) is 5.82 Å². The van der Waals surface area contributed by atoms with Crippen LogP contribution in [0.15, 0.2) is 18.3 Å². The molecule has 2 amide bonds. The number of ether oxygens (including phenoxy) is 4. The van der Waals surface area contributed by atoms with Crippen LogP contribution in [-0.4, -0.2) is 73.6 Å². The summed E-state index contributed by atoms with van der Waals surface area (Å²) in [5.41, 5.74) is 0.447. The Morgan fingerprint density at radius 2 is 1.91 bits per heavy atom. The Morgan fingerprint density at radius 1 is 1.11 bits per heavy atom. The summed E-state index contributed by atoms with van der Waals surface area (Å²) in [4.78, 5) is 23.1. The molecule has 1 aromatic carbocycles. The lowest BCUT2D eigenvalue weighted by atomic mass is 10.2. The van der Waals surface area contributed by atoms with Crippen LogP contribution in [0.3, 0.4) is 0 Å². The molecule has 0 saturated carbocycles. The second-order valence-electron chi connectivity index (χ2n) is 7.94. The molecule has 2 bridgehead atoms. The van der Waals surface area contributed by atoms with Crippen LogP contribution in [0.25, 0.3) is 0 Å². The molecule has 2 N–H and O–H groups in total. The lowest BCUT2D eigenvalue weighted by molar-refractivity contribution is 0.0322. The molecule has 1 aromatic heterocycles. The molecule has 3 heterocycles. The third kappa shape index (κ3) is 7.08. The molecule has 0 unspecified atom stereocenters. The molecule has 4 rings (SSSR count). The van der Waals surface area contributed by atoms with Gasteiger partial charge >= 0.3 is 6.03 Å². The molecule has 1 fully saturated rings. The molecule has 12 heteroatoms. The number of anilines is 2. The predicted octanol–water partition coefficient (Wildman–Crippen LogP) is 3.30. The zero-order valence-electron chi connectivity index (χ0n) is 19.2. The van der Waals surface area contributed by atoms with Crippen molar-refractivity contribution in [3.63, 3.8) is 0 Å². The summed E-state index contributed by atoms with van der Waals surface area (Å²) in [6, 6.07) is 4.65. The molecule has 35 heavy (non-hydrogen) atoms. The maximum atomic E-state index is 12.6. The minimum atomic E-state index is -0.577. The molecular weight excluding hydrogens is 476 g/mol. The molecule has 11 nitrogen and oxygen atoms in total. The largest absolute Gasteiger partial charge is 0.491 e. The summed E-state index contributed by atoms with van der Waals surface area (Å²) in [5.74, 6) is 1.15. The van der Waals surface area contributed by atoms with Gasteiger partial charge in [-0.25, -0.2) is 9.78 Å². The van der Waals surface area contributed by atoms with Gasteiger partial charge in [0.1, 0.15) is 24.2 Å². The van der Waals surface area contributed by atoms with E-state index in [1.165, 1.54) is 6.20 Å². The molecule has 186 valence electrons. The number of carbonyl (C=O) groups is 1. The van der Waals surface area contributed by atoms with Gasteiger partial charge in [-0.05, 0) is 25.3 Å². The topological polar surface area (TPSA) is 131 Å². The zero-order valence-corrected chi connectivity index (χ0v) is 20.0. The van der Waals surface area contributed by atoms with E-state index in [9.17, 15) is 10.1 Å². The highest BCUT2D eigenvalue weighted by Gasteiger charge is 2.17. The molecule has 2 aliphatic heterocycles. The molecular formula is C23H27ClN6O5. The number of carbonyl (C=O) groups excluding carboxylic acids is 1. The number of benzene rings is 1. The monoisotopic (exact) mass is 502 g/mol. The van der Waals surface area contributed by atoms with Gasteiger partial charge in [-0.3, -0.25) is 10.2 Å². The molecule has 0 radical (unpaired) electrons. The van der Waals surface area contributed by atoms with Crippen molar-refractivity contribution in [3.8, 4) is 23.4 Å². The summed E-state index contributed by atoms with van der Waals surface area (Å²) in [6.07, 6.45) is 3.64. The average Bonchev–Trinajstić information content (AvgIpc) is 2.86. The van der Waals surface area contributed by atoms with E-state index in [2.05, 4.69) is 25.5 Å². The number of fused-ring (bicyclic) bond motifs is 3. The zero-order chi connectivity index (χ0) is 24.5.